The van der Waals surface area contributed by atoms with E-state index in [1.54, 1.807) is 4.57 Å². The van der Waals surface area contributed by atoms with Crippen LogP contribution in [0.25, 0.3) is 0 Å². The normalized spacial score (nSPS) is 10.6. The van der Waals surface area contributed by atoms with Gasteiger partial charge in [0, 0.05) is 29.7 Å². The minimum Gasteiger partial charge on any atom is -0.326 e. The van der Waals surface area contributed by atoms with E-state index in [2.05, 4.69) is 5.32 Å². The van der Waals surface area contributed by atoms with Crippen molar-refractivity contribution >= 4 is 22.9 Å². The third-order valence-electron chi connectivity index (χ3n) is 3.19. The Morgan fingerprint density at radius 1 is 1.30 bits per heavy atom. The van der Waals surface area contributed by atoms with Crippen molar-refractivity contribution in [2.24, 2.45) is 0 Å². The zero-order valence-corrected chi connectivity index (χ0v) is 12.7. The Labute approximate surface area is 122 Å². The van der Waals surface area contributed by atoms with Gasteiger partial charge in [0.25, 0.3) is 0 Å². The van der Waals surface area contributed by atoms with Gasteiger partial charge >= 0.3 is 4.87 Å². The quantitative estimate of drug-likeness (QED) is 0.941. The van der Waals surface area contributed by atoms with Crippen molar-refractivity contribution in [1.29, 1.82) is 0 Å². The van der Waals surface area contributed by atoms with Crippen LogP contribution in [0.15, 0.2) is 28.4 Å². The van der Waals surface area contributed by atoms with Gasteiger partial charge in [-0.15, -0.1) is 0 Å². The fourth-order valence-electron chi connectivity index (χ4n) is 2.05. The number of carbonyl (C=O) groups is 1. The maximum absolute atomic E-state index is 11.9. The Hall–Kier alpha value is -1.88. The lowest BCUT2D eigenvalue weighted by atomic mass is 10.1. The van der Waals surface area contributed by atoms with Crippen molar-refractivity contribution in [3.8, 4) is 0 Å². The summed E-state index contributed by atoms with van der Waals surface area (Å²) >= 11 is 1.17. The average molecular weight is 290 g/mol. The van der Waals surface area contributed by atoms with E-state index in [1.165, 1.54) is 16.9 Å². The number of nitrogens with zero attached hydrogens (tertiary/aromatic N) is 1. The van der Waals surface area contributed by atoms with Crippen LogP contribution in [0.2, 0.25) is 0 Å². The highest BCUT2D eigenvalue weighted by molar-refractivity contribution is 7.07. The van der Waals surface area contributed by atoms with E-state index < -0.39 is 0 Å². The number of amides is 1. The molecule has 0 atom stereocenters. The molecule has 2 rings (SSSR count). The van der Waals surface area contributed by atoms with Gasteiger partial charge in [0.1, 0.15) is 0 Å². The van der Waals surface area contributed by atoms with Crippen LogP contribution in [0.1, 0.15) is 23.2 Å². The standard InChI is InChI=1S/C15H18N2O2S/c1-10-4-5-13(11(2)8-10)16-14(18)6-7-17-12(3)9-20-15(17)19/h4-5,8-9H,6-7H2,1-3H3,(H,16,18). The molecule has 1 heterocycles. The highest BCUT2D eigenvalue weighted by Gasteiger charge is 2.08. The predicted molar refractivity (Wildman–Crippen MR) is 82.5 cm³/mol. The summed E-state index contributed by atoms with van der Waals surface area (Å²) in [6, 6.07) is 5.91. The Morgan fingerprint density at radius 3 is 2.65 bits per heavy atom. The molecule has 0 aliphatic carbocycles. The summed E-state index contributed by atoms with van der Waals surface area (Å²) in [6.45, 7) is 6.28. The molecule has 20 heavy (non-hydrogen) atoms. The van der Waals surface area contributed by atoms with E-state index in [-0.39, 0.29) is 10.8 Å². The van der Waals surface area contributed by atoms with Crippen LogP contribution in [0.5, 0.6) is 0 Å². The maximum atomic E-state index is 11.9. The zero-order chi connectivity index (χ0) is 14.7. The van der Waals surface area contributed by atoms with Crippen molar-refractivity contribution < 1.29 is 4.79 Å². The smallest absolute Gasteiger partial charge is 0.307 e. The summed E-state index contributed by atoms with van der Waals surface area (Å²) in [7, 11) is 0. The number of hydrogen-bond acceptors (Lipinski definition) is 3. The lowest BCUT2D eigenvalue weighted by Crippen LogP contribution is -2.20. The van der Waals surface area contributed by atoms with Crippen molar-refractivity contribution in [3.05, 3.63) is 50.1 Å². The summed E-state index contributed by atoms with van der Waals surface area (Å²) in [6.07, 6.45) is 0.296. The van der Waals surface area contributed by atoms with Crippen LogP contribution in [-0.2, 0) is 11.3 Å². The number of nitrogens with one attached hydrogen (secondary N) is 1. The topological polar surface area (TPSA) is 51.1 Å². The minimum atomic E-state index is -0.0746. The van der Waals surface area contributed by atoms with Gasteiger partial charge in [-0.3, -0.25) is 9.59 Å². The summed E-state index contributed by atoms with van der Waals surface area (Å²) in [5, 5.41) is 4.70. The van der Waals surface area contributed by atoms with Crippen molar-refractivity contribution in [2.45, 2.75) is 33.7 Å². The Morgan fingerprint density at radius 2 is 2.05 bits per heavy atom. The van der Waals surface area contributed by atoms with Gasteiger partial charge in [-0.25, -0.2) is 0 Å². The summed E-state index contributed by atoms with van der Waals surface area (Å²) < 4.78 is 1.63. The van der Waals surface area contributed by atoms with Crippen molar-refractivity contribution in [1.82, 2.24) is 4.57 Å². The van der Waals surface area contributed by atoms with Gasteiger partial charge in [-0.05, 0) is 32.4 Å². The van der Waals surface area contributed by atoms with Crippen molar-refractivity contribution in [2.75, 3.05) is 5.32 Å². The number of carbonyl (C=O) groups excluding carboxylic acids is 1. The Balaban J connectivity index is 1.98. The third kappa shape index (κ3) is 3.36. The first-order chi connectivity index (χ1) is 9.47. The number of rotatable bonds is 4. The van der Waals surface area contributed by atoms with Gasteiger partial charge in [0.05, 0.1) is 0 Å². The number of aromatic nitrogens is 1. The predicted octanol–water partition coefficient (Wildman–Crippen LogP) is 2.86. The van der Waals surface area contributed by atoms with Crippen LogP contribution in [0, 0.1) is 20.8 Å². The summed E-state index contributed by atoms with van der Waals surface area (Å²) in [5.74, 6) is -0.0746. The molecule has 1 aromatic heterocycles. The lowest BCUT2D eigenvalue weighted by molar-refractivity contribution is -0.116. The van der Waals surface area contributed by atoms with Gasteiger partial charge in [-0.1, -0.05) is 29.0 Å². The molecule has 1 N–H and O–H groups in total. The zero-order valence-electron chi connectivity index (χ0n) is 11.9. The lowest BCUT2D eigenvalue weighted by Gasteiger charge is -2.09. The molecule has 0 fully saturated rings. The molecule has 106 valence electrons. The van der Waals surface area contributed by atoms with E-state index in [4.69, 9.17) is 0 Å². The first-order valence-corrected chi connectivity index (χ1v) is 7.37. The molecule has 4 nitrogen and oxygen atoms in total. The van der Waals surface area contributed by atoms with Gasteiger partial charge < -0.3 is 9.88 Å². The SMILES string of the molecule is Cc1ccc(NC(=O)CCn2c(C)csc2=O)c(C)c1. The molecule has 0 spiro atoms. The molecule has 5 heteroatoms. The van der Waals surface area contributed by atoms with Gasteiger partial charge in [0.15, 0.2) is 0 Å². The molecule has 0 bridgehead atoms. The van der Waals surface area contributed by atoms with Crippen molar-refractivity contribution in [3.63, 3.8) is 0 Å². The fourth-order valence-corrected chi connectivity index (χ4v) is 2.82. The molecule has 0 radical (unpaired) electrons. The molecule has 0 aliphatic heterocycles. The molecule has 0 aliphatic rings. The molecule has 1 aromatic carbocycles. The molecule has 1 amide bonds. The molecule has 0 saturated carbocycles. The van der Waals surface area contributed by atoms with Gasteiger partial charge in [-0.2, -0.15) is 0 Å². The van der Waals surface area contributed by atoms with E-state index in [1.807, 2.05) is 44.4 Å². The first-order valence-electron chi connectivity index (χ1n) is 6.49. The van der Waals surface area contributed by atoms with E-state index in [0.29, 0.717) is 13.0 Å². The van der Waals surface area contributed by atoms with Crippen LogP contribution < -0.4 is 10.2 Å². The number of hydrogen-bond donors (Lipinski definition) is 1. The molecular weight excluding hydrogens is 272 g/mol. The highest BCUT2D eigenvalue weighted by atomic mass is 32.1. The fraction of sp³-hybridized carbons (Fsp3) is 0.333. The number of aryl methyl sites for hydroxylation is 3. The van der Waals surface area contributed by atoms with Crippen LogP contribution in [0.4, 0.5) is 5.69 Å². The molecule has 0 unspecified atom stereocenters. The summed E-state index contributed by atoms with van der Waals surface area (Å²) in [5.41, 5.74) is 3.94. The maximum Gasteiger partial charge on any atom is 0.307 e. The second-order valence-corrected chi connectivity index (χ2v) is 5.73. The van der Waals surface area contributed by atoms with E-state index in [0.717, 1.165) is 16.9 Å². The van der Waals surface area contributed by atoms with E-state index in [9.17, 15) is 9.59 Å². The van der Waals surface area contributed by atoms with Crippen LogP contribution in [0.3, 0.4) is 0 Å². The summed E-state index contributed by atoms with van der Waals surface area (Å²) in [4.78, 5) is 23.5. The minimum absolute atomic E-state index is 0.0122. The second-order valence-electron chi connectivity index (χ2n) is 4.91. The number of thiazole rings is 1. The first kappa shape index (κ1) is 14.5. The Bertz CT molecular complexity index is 685. The monoisotopic (exact) mass is 290 g/mol. The number of benzene rings is 1. The largest absolute Gasteiger partial charge is 0.326 e. The number of anilines is 1. The van der Waals surface area contributed by atoms with Crippen LogP contribution >= 0.6 is 11.3 Å². The van der Waals surface area contributed by atoms with E-state index >= 15 is 0 Å². The average Bonchev–Trinajstić information content (AvgIpc) is 2.70. The van der Waals surface area contributed by atoms with Crippen LogP contribution in [-0.4, -0.2) is 10.5 Å². The Kier molecular flexibility index (Phi) is 4.39. The molecule has 2 aromatic rings. The highest BCUT2D eigenvalue weighted by Crippen LogP contribution is 2.16. The second kappa shape index (κ2) is 6.05. The molecular formula is C15H18N2O2S. The third-order valence-corrected chi connectivity index (χ3v) is 4.08. The molecule has 0 saturated heterocycles. The van der Waals surface area contributed by atoms with Gasteiger partial charge in [0.2, 0.25) is 5.91 Å².